The number of carbonyl (C=O) groups excluding carboxylic acids is 1. The van der Waals surface area contributed by atoms with Gasteiger partial charge in [0.25, 0.3) is 11.5 Å². The Balaban J connectivity index is 1.66. The van der Waals surface area contributed by atoms with Crippen LogP contribution in [0.3, 0.4) is 0 Å². The molecule has 10 heteroatoms. The predicted molar refractivity (Wildman–Crippen MR) is 113 cm³/mol. The van der Waals surface area contributed by atoms with E-state index in [4.69, 9.17) is 0 Å². The number of nitrogens with one attached hydrogen (secondary N) is 1. The summed E-state index contributed by atoms with van der Waals surface area (Å²) in [4.78, 5) is 30.2. The average Bonchev–Trinajstić information content (AvgIpc) is 2.77. The summed E-state index contributed by atoms with van der Waals surface area (Å²) in [6.07, 6.45) is -3.33. The molecule has 2 aromatic carbocycles. The molecule has 4 rings (SSSR count). The van der Waals surface area contributed by atoms with Crippen molar-refractivity contribution in [3.8, 4) is 5.75 Å². The number of anilines is 1. The number of amides is 1. The zero-order chi connectivity index (χ0) is 23.6. The van der Waals surface area contributed by atoms with Gasteiger partial charge in [-0.25, -0.2) is 9.37 Å². The van der Waals surface area contributed by atoms with Crippen LogP contribution in [0.15, 0.2) is 77.7 Å². The van der Waals surface area contributed by atoms with E-state index >= 15 is 0 Å². The first kappa shape index (κ1) is 22.0. The van der Waals surface area contributed by atoms with Gasteiger partial charge in [-0.15, -0.1) is 13.2 Å². The van der Waals surface area contributed by atoms with Gasteiger partial charge in [-0.2, -0.15) is 0 Å². The van der Waals surface area contributed by atoms with Crippen LogP contribution in [0, 0.1) is 5.82 Å². The van der Waals surface area contributed by atoms with E-state index in [0.717, 1.165) is 12.1 Å². The van der Waals surface area contributed by atoms with Crippen molar-refractivity contribution < 1.29 is 27.1 Å². The van der Waals surface area contributed by atoms with Crippen LogP contribution in [0.1, 0.15) is 15.9 Å². The summed E-state index contributed by atoms with van der Waals surface area (Å²) in [5.41, 5.74) is 0.332. The standard InChI is InChI=1S/C23H15F4N3O3/c24-16-5-3-14(4-6-16)13-30-20-15(2-1-11-28-20)12-19(22(30)32)21(31)29-17-7-9-18(10-8-17)33-23(25,26)27/h1-12H,13H2,(H,29,31). The van der Waals surface area contributed by atoms with Crippen LogP contribution in [-0.4, -0.2) is 21.8 Å². The lowest BCUT2D eigenvalue weighted by molar-refractivity contribution is -0.274. The third kappa shape index (κ3) is 5.17. The number of hydrogen-bond donors (Lipinski definition) is 1. The molecule has 0 atom stereocenters. The topological polar surface area (TPSA) is 73.2 Å². The molecule has 0 fully saturated rings. The minimum Gasteiger partial charge on any atom is -0.406 e. The number of alkyl halides is 3. The Morgan fingerprint density at radius 2 is 1.73 bits per heavy atom. The Hall–Kier alpha value is -4.21. The van der Waals surface area contributed by atoms with Gasteiger partial charge >= 0.3 is 6.36 Å². The van der Waals surface area contributed by atoms with E-state index in [-0.39, 0.29) is 17.8 Å². The fraction of sp³-hybridized carbons (Fsp3) is 0.0870. The summed E-state index contributed by atoms with van der Waals surface area (Å²) in [7, 11) is 0. The lowest BCUT2D eigenvalue weighted by Gasteiger charge is -2.13. The molecule has 2 aromatic heterocycles. The molecule has 2 heterocycles. The van der Waals surface area contributed by atoms with E-state index in [1.165, 1.54) is 53.2 Å². The zero-order valence-corrected chi connectivity index (χ0v) is 16.8. The highest BCUT2D eigenvalue weighted by Gasteiger charge is 2.31. The van der Waals surface area contributed by atoms with Crippen LogP contribution in [0.25, 0.3) is 11.0 Å². The van der Waals surface area contributed by atoms with Crippen LogP contribution in [0.5, 0.6) is 5.75 Å². The minimum absolute atomic E-state index is 0.0528. The van der Waals surface area contributed by atoms with Gasteiger partial charge in [0, 0.05) is 17.3 Å². The molecule has 1 amide bonds. The Morgan fingerprint density at radius 3 is 2.39 bits per heavy atom. The summed E-state index contributed by atoms with van der Waals surface area (Å²) >= 11 is 0. The van der Waals surface area contributed by atoms with E-state index < -0.39 is 29.4 Å². The van der Waals surface area contributed by atoms with Crippen molar-refractivity contribution in [1.29, 1.82) is 0 Å². The third-order valence-corrected chi connectivity index (χ3v) is 4.69. The maximum atomic E-state index is 13.2. The fourth-order valence-electron chi connectivity index (χ4n) is 3.23. The van der Waals surface area contributed by atoms with Crippen LogP contribution >= 0.6 is 0 Å². The van der Waals surface area contributed by atoms with Crippen molar-refractivity contribution in [3.63, 3.8) is 0 Å². The molecular weight excluding hydrogens is 442 g/mol. The van der Waals surface area contributed by atoms with Gasteiger partial charge in [-0.05, 0) is 60.2 Å². The number of hydrogen-bond acceptors (Lipinski definition) is 4. The molecule has 6 nitrogen and oxygen atoms in total. The second-order valence-electron chi connectivity index (χ2n) is 7.02. The van der Waals surface area contributed by atoms with Gasteiger partial charge in [-0.3, -0.25) is 14.2 Å². The second kappa shape index (κ2) is 8.73. The number of pyridine rings is 2. The molecule has 0 bridgehead atoms. The number of halogens is 4. The summed E-state index contributed by atoms with van der Waals surface area (Å²) in [6, 6.07) is 14.8. The largest absolute Gasteiger partial charge is 0.573 e. The number of nitrogens with zero attached hydrogens (tertiary/aromatic N) is 2. The van der Waals surface area contributed by atoms with E-state index in [2.05, 4.69) is 15.0 Å². The van der Waals surface area contributed by atoms with Crippen LogP contribution in [-0.2, 0) is 6.54 Å². The maximum Gasteiger partial charge on any atom is 0.573 e. The fourth-order valence-corrected chi connectivity index (χ4v) is 3.23. The minimum atomic E-state index is -4.83. The number of ether oxygens (including phenoxy) is 1. The molecule has 33 heavy (non-hydrogen) atoms. The molecule has 0 saturated heterocycles. The Bertz CT molecular complexity index is 1370. The lowest BCUT2D eigenvalue weighted by atomic mass is 10.1. The van der Waals surface area contributed by atoms with Crippen molar-refractivity contribution in [2.75, 3.05) is 5.32 Å². The highest BCUT2D eigenvalue weighted by atomic mass is 19.4. The second-order valence-corrected chi connectivity index (χ2v) is 7.02. The lowest BCUT2D eigenvalue weighted by Crippen LogP contribution is -2.30. The highest BCUT2D eigenvalue weighted by molar-refractivity contribution is 6.05. The van der Waals surface area contributed by atoms with Crippen LogP contribution < -0.4 is 15.6 Å². The van der Waals surface area contributed by atoms with Crippen molar-refractivity contribution in [3.05, 3.63) is 100 Å². The van der Waals surface area contributed by atoms with Crippen molar-refractivity contribution >= 4 is 22.6 Å². The molecule has 0 saturated carbocycles. The normalized spacial score (nSPS) is 11.4. The van der Waals surface area contributed by atoms with E-state index in [1.54, 1.807) is 12.1 Å². The van der Waals surface area contributed by atoms with E-state index in [1.807, 2.05) is 0 Å². The van der Waals surface area contributed by atoms with Crippen LogP contribution in [0.4, 0.5) is 23.2 Å². The van der Waals surface area contributed by atoms with Crippen molar-refractivity contribution in [2.24, 2.45) is 0 Å². The molecule has 0 aliphatic heterocycles. The molecule has 4 aromatic rings. The molecule has 1 N–H and O–H groups in total. The summed E-state index contributed by atoms with van der Waals surface area (Å²) in [5.74, 6) is -1.61. The average molecular weight is 457 g/mol. The number of aromatic nitrogens is 2. The molecule has 168 valence electrons. The number of rotatable bonds is 5. The summed E-state index contributed by atoms with van der Waals surface area (Å²) in [5, 5.41) is 3.02. The van der Waals surface area contributed by atoms with Gasteiger partial charge in [0.2, 0.25) is 0 Å². The summed E-state index contributed by atoms with van der Waals surface area (Å²) < 4.78 is 55.3. The van der Waals surface area contributed by atoms with Crippen molar-refractivity contribution in [1.82, 2.24) is 9.55 Å². The zero-order valence-electron chi connectivity index (χ0n) is 16.8. The molecule has 0 radical (unpaired) electrons. The Morgan fingerprint density at radius 1 is 1.03 bits per heavy atom. The number of fused-ring (bicyclic) bond motifs is 1. The molecule has 0 unspecified atom stereocenters. The van der Waals surface area contributed by atoms with Gasteiger partial charge < -0.3 is 10.1 Å². The van der Waals surface area contributed by atoms with Gasteiger partial charge in [-0.1, -0.05) is 12.1 Å². The van der Waals surface area contributed by atoms with Gasteiger partial charge in [0.1, 0.15) is 22.8 Å². The molecule has 0 aliphatic carbocycles. The smallest absolute Gasteiger partial charge is 0.406 e. The first-order valence-corrected chi connectivity index (χ1v) is 9.60. The van der Waals surface area contributed by atoms with Crippen LogP contribution in [0.2, 0.25) is 0 Å². The van der Waals surface area contributed by atoms with Crippen molar-refractivity contribution in [2.45, 2.75) is 12.9 Å². The maximum absolute atomic E-state index is 13.2. The summed E-state index contributed by atoms with van der Waals surface area (Å²) in [6.45, 7) is 0.0528. The Labute approximate surface area is 184 Å². The van der Waals surface area contributed by atoms with Gasteiger partial charge in [0.05, 0.1) is 6.54 Å². The quantitative estimate of drug-likeness (QED) is 0.440. The molecule has 0 spiro atoms. The number of carbonyl (C=O) groups is 1. The highest BCUT2D eigenvalue weighted by Crippen LogP contribution is 2.24. The molecular formula is C23H15F4N3O3. The SMILES string of the molecule is O=C(Nc1ccc(OC(F)(F)F)cc1)c1cc2cccnc2n(Cc2ccc(F)cc2)c1=O. The first-order chi connectivity index (χ1) is 15.7. The third-order valence-electron chi connectivity index (χ3n) is 4.69. The number of benzene rings is 2. The van der Waals surface area contributed by atoms with E-state index in [9.17, 15) is 27.2 Å². The first-order valence-electron chi connectivity index (χ1n) is 9.60. The monoisotopic (exact) mass is 457 g/mol. The Kier molecular flexibility index (Phi) is 5.82. The van der Waals surface area contributed by atoms with E-state index in [0.29, 0.717) is 16.6 Å². The van der Waals surface area contributed by atoms with Gasteiger partial charge in [0.15, 0.2) is 0 Å². The molecule has 0 aliphatic rings. The predicted octanol–water partition coefficient (Wildman–Crippen LogP) is 4.73.